The molecule has 0 aliphatic carbocycles. The molecule has 2 rings (SSSR count). The molecule has 2 fully saturated rings. The number of rotatable bonds is 2. The van der Waals surface area contributed by atoms with Gasteiger partial charge >= 0.3 is 0 Å². The SMILES string of the molecule is CN1CCCCCC(CN2CCCCCC2)C1. The van der Waals surface area contributed by atoms with Crippen LogP contribution < -0.4 is 0 Å². The predicted octanol–water partition coefficient (Wildman–Crippen LogP) is 2.98. The first-order valence-corrected chi connectivity index (χ1v) is 7.75. The van der Waals surface area contributed by atoms with Crippen molar-refractivity contribution in [3.63, 3.8) is 0 Å². The second kappa shape index (κ2) is 7.38. The number of likely N-dealkylation sites (tertiary alicyclic amines) is 2. The van der Waals surface area contributed by atoms with Crippen LogP contribution in [0.2, 0.25) is 0 Å². The fourth-order valence-corrected chi connectivity index (χ4v) is 3.45. The maximum atomic E-state index is 2.74. The average molecular weight is 238 g/mol. The van der Waals surface area contributed by atoms with Crippen molar-refractivity contribution in [2.45, 2.75) is 51.4 Å². The normalized spacial score (nSPS) is 30.5. The molecule has 0 amide bonds. The molecule has 0 spiro atoms. The van der Waals surface area contributed by atoms with Gasteiger partial charge in [0.2, 0.25) is 0 Å². The topological polar surface area (TPSA) is 6.48 Å². The second-order valence-corrected chi connectivity index (χ2v) is 6.19. The number of hydrogen-bond donors (Lipinski definition) is 0. The Morgan fingerprint density at radius 1 is 0.824 bits per heavy atom. The number of hydrogen-bond acceptors (Lipinski definition) is 2. The summed E-state index contributed by atoms with van der Waals surface area (Å²) in [5, 5.41) is 0. The molecule has 0 aromatic rings. The highest BCUT2D eigenvalue weighted by Gasteiger charge is 2.18. The van der Waals surface area contributed by atoms with Gasteiger partial charge in [-0.2, -0.15) is 0 Å². The van der Waals surface area contributed by atoms with Crippen molar-refractivity contribution in [1.82, 2.24) is 9.80 Å². The van der Waals surface area contributed by atoms with Crippen LogP contribution in [-0.2, 0) is 0 Å². The van der Waals surface area contributed by atoms with Crippen molar-refractivity contribution in [3.8, 4) is 0 Å². The minimum absolute atomic E-state index is 0.929. The van der Waals surface area contributed by atoms with Gasteiger partial charge in [0.25, 0.3) is 0 Å². The average Bonchev–Trinajstić information content (AvgIpc) is 2.54. The molecular formula is C15H30N2. The van der Waals surface area contributed by atoms with Gasteiger partial charge in [-0.3, -0.25) is 0 Å². The van der Waals surface area contributed by atoms with E-state index in [0.717, 1.165) is 5.92 Å². The van der Waals surface area contributed by atoms with Crippen LogP contribution >= 0.6 is 0 Å². The molecule has 2 heteroatoms. The van der Waals surface area contributed by atoms with Gasteiger partial charge in [-0.25, -0.2) is 0 Å². The van der Waals surface area contributed by atoms with E-state index in [2.05, 4.69) is 16.8 Å². The van der Waals surface area contributed by atoms with E-state index in [0.29, 0.717) is 0 Å². The minimum Gasteiger partial charge on any atom is -0.306 e. The highest BCUT2D eigenvalue weighted by Crippen LogP contribution is 2.18. The summed E-state index contributed by atoms with van der Waals surface area (Å²) < 4.78 is 0. The van der Waals surface area contributed by atoms with Crippen molar-refractivity contribution >= 4 is 0 Å². The highest BCUT2D eigenvalue weighted by molar-refractivity contribution is 4.73. The van der Waals surface area contributed by atoms with Gasteiger partial charge in [-0.1, -0.05) is 25.7 Å². The van der Waals surface area contributed by atoms with Gasteiger partial charge in [-0.15, -0.1) is 0 Å². The van der Waals surface area contributed by atoms with Crippen molar-refractivity contribution in [2.75, 3.05) is 39.8 Å². The molecule has 0 radical (unpaired) electrons. The molecule has 0 aromatic carbocycles. The zero-order chi connectivity index (χ0) is 11.9. The second-order valence-electron chi connectivity index (χ2n) is 6.19. The Kier molecular flexibility index (Phi) is 5.79. The van der Waals surface area contributed by atoms with Gasteiger partial charge in [-0.05, 0) is 58.3 Å². The van der Waals surface area contributed by atoms with Crippen molar-refractivity contribution < 1.29 is 0 Å². The monoisotopic (exact) mass is 238 g/mol. The van der Waals surface area contributed by atoms with E-state index in [1.807, 2.05) is 0 Å². The van der Waals surface area contributed by atoms with Gasteiger partial charge in [0, 0.05) is 13.1 Å². The highest BCUT2D eigenvalue weighted by atomic mass is 15.1. The third kappa shape index (κ3) is 4.97. The largest absolute Gasteiger partial charge is 0.306 e. The van der Waals surface area contributed by atoms with Crippen LogP contribution in [-0.4, -0.2) is 49.6 Å². The van der Waals surface area contributed by atoms with Crippen LogP contribution in [0.3, 0.4) is 0 Å². The Balaban J connectivity index is 1.77. The van der Waals surface area contributed by atoms with Gasteiger partial charge < -0.3 is 9.80 Å². The van der Waals surface area contributed by atoms with E-state index in [1.165, 1.54) is 84.1 Å². The smallest absolute Gasteiger partial charge is 0.00219 e. The van der Waals surface area contributed by atoms with E-state index in [1.54, 1.807) is 0 Å². The molecule has 0 N–H and O–H groups in total. The first kappa shape index (κ1) is 13.4. The Hall–Kier alpha value is -0.0800. The van der Waals surface area contributed by atoms with Crippen molar-refractivity contribution in [2.24, 2.45) is 5.92 Å². The van der Waals surface area contributed by atoms with Crippen LogP contribution in [0.25, 0.3) is 0 Å². The Bertz CT molecular complexity index is 197. The first-order valence-electron chi connectivity index (χ1n) is 7.75. The van der Waals surface area contributed by atoms with Crippen LogP contribution in [0.15, 0.2) is 0 Å². The summed E-state index contributed by atoms with van der Waals surface area (Å²) in [5.74, 6) is 0.929. The Morgan fingerprint density at radius 3 is 2.24 bits per heavy atom. The third-order valence-electron chi connectivity index (χ3n) is 4.44. The maximum Gasteiger partial charge on any atom is 0.00219 e. The van der Waals surface area contributed by atoms with Crippen LogP contribution in [0.1, 0.15) is 51.4 Å². The number of nitrogens with zero attached hydrogens (tertiary/aromatic N) is 2. The van der Waals surface area contributed by atoms with Crippen LogP contribution in [0.5, 0.6) is 0 Å². The van der Waals surface area contributed by atoms with Gasteiger partial charge in [0.05, 0.1) is 0 Å². The summed E-state index contributed by atoms with van der Waals surface area (Å²) in [6.45, 7) is 6.73. The fraction of sp³-hybridized carbons (Fsp3) is 1.00. The molecule has 0 bridgehead atoms. The molecule has 17 heavy (non-hydrogen) atoms. The summed E-state index contributed by atoms with van der Waals surface area (Å²) in [6, 6.07) is 0. The lowest BCUT2D eigenvalue weighted by Gasteiger charge is -2.31. The summed E-state index contributed by atoms with van der Waals surface area (Å²) in [4.78, 5) is 5.30. The summed E-state index contributed by atoms with van der Waals surface area (Å²) >= 11 is 0. The van der Waals surface area contributed by atoms with Crippen molar-refractivity contribution in [1.29, 1.82) is 0 Å². The molecule has 2 heterocycles. The maximum absolute atomic E-state index is 2.74. The minimum atomic E-state index is 0.929. The van der Waals surface area contributed by atoms with E-state index in [9.17, 15) is 0 Å². The quantitative estimate of drug-likeness (QED) is 0.730. The zero-order valence-electron chi connectivity index (χ0n) is 11.7. The van der Waals surface area contributed by atoms with Gasteiger partial charge in [0.1, 0.15) is 0 Å². The molecule has 0 saturated carbocycles. The van der Waals surface area contributed by atoms with E-state index < -0.39 is 0 Å². The molecule has 100 valence electrons. The van der Waals surface area contributed by atoms with Gasteiger partial charge in [0.15, 0.2) is 0 Å². The predicted molar refractivity (Wildman–Crippen MR) is 74.4 cm³/mol. The lowest BCUT2D eigenvalue weighted by molar-refractivity contribution is 0.174. The molecule has 1 atom stereocenters. The lowest BCUT2D eigenvalue weighted by atomic mass is 9.97. The van der Waals surface area contributed by atoms with Crippen LogP contribution in [0.4, 0.5) is 0 Å². The van der Waals surface area contributed by atoms with Crippen molar-refractivity contribution in [3.05, 3.63) is 0 Å². The molecule has 2 nitrogen and oxygen atoms in total. The Labute approximate surface area is 107 Å². The standard InChI is InChI=1S/C15H30N2/c1-16-10-6-4-5-9-15(13-16)14-17-11-7-2-3-8-12-17/h15H,2-14H2,1H3. The Morgan fingerprint density at radius 2 is 1.47 bits per heavy atom. The fourth-order valence-electron chi connectivity index (χ4n) is 3.45. The molecule has 1 unspecified atom stereocenters. The van der Waals surface area contributed by atoms with E-state index in [-0.39, 0.29) is 0 Å². The first-order chi connectivity index (χ1) is 8.34. The summed E-state index contributed by atoms with van der Waals surface area (Å²) in [5.41, 5.74) is 0. The third-order valence-corrected chi connectivity index (χ3v) is 4.44. The summed E-state index contributed by atoms with van der Waals surface area (Å²) in [6.07, 6.45) is 11.6. The molecule has 0 aromatic heterocycles. The molecule has 2 aliphatic rings. The van der Waals surface area contributed by atoms with E-state index in [4.69, 9.17) is 0 Å². The van der Waals surface area contributed by atoms with E-state index >= 15 is 0 Å². The molecule has 2 aliphatic heterocycles. The van der Waals surface area contributed by atoms with Crippen LogP contribution in [0, 0.1) is 5.92 Å². The lowest BCUT2D eigenvalue weighted by Crippen LogP contribution is -2.37. The summed E-state index contributed by atoms with van der Waals surface area (Å²) in [7, 11) is 2.31. The molecule has 2 saturated heterocycles. The molecular weight excluding hydrogens is 208 g/mol. The zero-order valence-corrected chi connectivity index (χ0v) is 11.7.